The minimum absolute atomic E-state index is 0.135. The van der Waals surface area contributed by atoms with Crippen molar-refractivity contribution in [3.8, 4) is 5.75 Å². The van der Waals surface area contributed by atoms with Crippen LogP contribution in [0.4, 0.5) is 14.5 Å². The largest absolute Gasteiger partial charge is 0.431 e. The molecule has 0 spiro atoms. The minimum Gasteiger partial charge on any atom is -0.431 e. The molecule has 0 amide bonds. The van der Waals surface area contributed by atoms with Gasteiger partial charge in [0.15, 0.2) is 5.75 Å². The van der Waals surface area contributed by atoms with E-state index < -0.39 is 6.61 Å². The Morgan fingerprint density at radius 3 is 2.04 bits per heavy atom. The molecule has 0 N–H and O–H groups in total. The fourth-order valence-corrected chi connectivity index (χ4v) is 2.44. The van der Waals surface area contributed by atoms with E-state index in [9.17, 15) is 8.78 Å². The van der Waals surface area contributed by atoms with Crippen LogP contribution >= 0.6 is 11.6 Å². The summed E-state index contributed by atoms with van der Waals surface area (Å²) in [7, 11) is 0. The molecule has 3 nitrogen and oxygen atoms in total. The maximum absolute atomic E-state index is 12.7. The van der Waals surface area contributed by atoms with Gasteiger partial charge in [-0.2, -0.15) is 8.78 Å². The minimum atomic E-state index is -2.98. The maximum atomic E-state index is 12.7. The Hall–Kier alpha value is -2.79. The van der Waals surface area contributed by atoms with Crippen LogP contribution in [-0.2, 0) is 0 Å². The van der Waals surface area contributed by atoms with Gasteiger partial charge in [0.2, 0.25) is 0 Å². The zero-order valence-corrected chi connectivity index (χ0v) is 13.7. The Balaban J connectivity index is 2.15. The number of ether oxygens (including phenoxy) is 1. The first-order chi connectivity index (χ1) is 12.1. The van der Waals surface area contributed by atoms with E-state index in [4.69, 9.17) is 11.6 Å². The van der Waals surface area contributed by atoms with Gasteiger partial charge < -0.3 is 4.74 Å². The number of nitrogens with zero attached hydrogens (tertiary/aromatic N) is 2. The third-order valence-corrected chi connectivity index (χ3v) is 3.56. The molecule has 0 saturated heterocycles. The average Bonchev–Trinajstić information content (AvgIpc) is 2.63. The third-order valence-electron chi connectivity index (χ3n) is 3.36. The van der Waals surface area contributed by atoms with Crippen LogP contribution in [0.25, 0.3) is 0 Å². The van der Waals surface area contributed by atoms with Crippen molar-refractivity contribution in [2.24, 2.45) is 4.99 Å². The molecule has 25 heavy (non-hydrogen) atoms. The molecule has 0 aliphatic heterocycles. The van der Waals surface area contributed by atoms with Crippen molar-refractivity contribution in [2.75, 3.05) is 0 Å². The number of halogens is 3. The summed E-state index contributed by atoms with van der Waals surface area (Å²) in [5.74, 6) is -0.135. The van der Waals surface area contributed by atoms with Crippen molar-refractivity contribution in [3.63, 3.8) is 0 Å². The average molecular weight is 359 g/mol. The fraction of sp³-hybridized carbons (Fsp3) is 0.0526. The van der Waals surface area contributed by atoms with Crippen molar-refractivity contribution >= 4 is 23.0 Å². The van der Waals surface area contributed by atoms with Crippen molar-refractivity contribution in [1.82, 2.24) is 4.98 Å². The van der Waals surface area contributed by atoms with Crippen molar-refractivity contribution in [3.05, 3.63) is 89.2 Å². The Kier molecular flexibility index (Phi) is 5.36. The molecule has 6 heteroatoms. The van der Waals surface area contributed by atoms with Gasteiger partial charge >= 0.3 is 6.61 Å². The smallest absolute Gasteiger partial charge is 0.387 e. The Morgan fingerprint density at radius 2 is 1.52 bits per heavy atom. The zero-order chi connectivity index (χ0) is 17.6. The first kappa shape index (κ1) is 17.0. The van der Waals surface area contributed by atoms with Crippen LogP contribution in [0.2, 0.25) is 5.15 Å². The third kappa shape index (κ3) is 4.39. The van der Waals surface area contributed by atoms with Gasteiger partial charge in [0.05, 0.1) is 11.9 Å². The summed E-state index contributed by atoms with van der Waals surface area (Å²) in [4.78, 5) is 8.33. The van der Waals surface area contributed by atoms with Crippen LogP contribution < -0.4 is 4.74 Å². The van der Waals surface area contributed by atoms with Crippen molar-refractivity contribution < 1.29 is 13.5 Å². The van der Waals surface area contributed by atoms with Gasteiger partial charge in [-0.05, 0) is 0 Å². The molecule has 0 atom stereocenters. The predicted octanol–water partition coefficient (Wildman–Crippen LogP) is 5.51. The summed E-state index contributed by atoms with van der Waals surface area (Å²) >= 11 is 5.91. The van der Waals surface area contributed by atoms with Gasteiger partial charge in [0.1, 0.15) is 10.8 Å². The second-order valence-corrected chi connectivity index (χ2v) is 5.43. The summed E-state index contributed by atoms with van der Waals surface area (Å²) < 4.78 is 29.8. The monoisotopic (exact) mass is 358 g/mol. The van der Waals surface area contributed by atoms with E-state index in [1.807, 2.05) is 60.7 Å². The highest BCUT2D eigenvalue weighted by Gasteiger charge is 2.13. The van der Waals surface area contributed by atoms with Crippen LogP contribution in [0.1, 0.15) is 11.1 Å². The van der Waals surface area contributed by atoms with E-state index in [2.05, 4.69) is 14.7 Å². The number of rotatable bonds is 5. The lowest BCUT2D eigenvalue weighted by atomic mass is 10.0. The van der Waals surface area contributed by atoms with Gasteiger partial charge in [-0.15, -0.1) is 0 Å². The molecular formula is C19H13ClF2N2O. The first-order valence-electron chi connectivity index (χ1n) is 7.43. The van der Waals surface area contributed by atoms with E-state index in [-0.39, 0.29) is 16.6 Å². The van der Waals surface area contributed by atoms with Gasteiger partial charge in [0, 0.05) is 17.2 Å². The molecule has 0 aliphatic rings. The van der Waals surface area contributed by atoms with Gasteiger partial charge in [-0.3, -0.25) is 0 Å². The van der Waals surface area contributed by atoms with Gasteiger partial charge in [-0.25, -0.2) is 9.98 Å². The Bertz CT molecular complexity index is 830. The van der Waals surface area contributed by atoms with Crippen molar-refractivity contribution in [2.45, 2.75) is 6.61 Å². The molecule has 0 fully saturated rings. The number of pyridine rings is 1. The Morgan fingerprint density at radius 1 is 0.960 bits per heavy atom. The highest BCUT2D eigenvalue weighted by molar-refractivity contribution is 6.29. The first-order valence-corrected chi connectivity index (χ1v) is 7.81. The molecule has 0 aliphatic carbocycles. The molecule has 2 aromatic carbocycles. The highest BCUT2D eigenvalue weighted by atomic mass is 35.5. The number of aromatic nitrogens is 1. The Labute approximate surface area is 148 Å². The molecule has 3 aromatic rings. The number of aliphatic imine (C=N–C) groups is 1. The lowest BCUT2D eigenvalue weighted by molar-refractivity contribution is -0.0496. The van der Waals surface area contributed by atoms with E-state index >= 15 is 0 Å². The number of alkyl halides is 2. The quantitative estimate of drug-likeness (QED) is 0.445. The summed E-state index contributed by atoms with van der Waals surface area (Å²) in [6.07, 6.45) is 1.14. The second kappa shape index (κ2) is 7.85. The molecule has 1 heterocycles. The van der Waals surface area contributed by atoms with E-state index in [1.165, 1.54) is 6.07 Å². The lowest BCUT2D eigenvalue weighted by Gasteiger charge is -2.11. The lowest BCUT2D eigenvalue weighted by Crippen LogP contribution is -2.05. The van der Waals surface area contributed by atoms with Crippen LogP contribution in [0.5, 0.6) is 5.75 Å². The second-order valence-electron chi connectivity index (χ2n) is 5.05. The van der Waals surface area contributed by atoms with Crippen LogP contribution in [0, 0.1) is 0 Å². The fourth-order valence-electron chi connectivity index (χ4n) is 2.29. The molecule has 0 saturated carbocycles. The topological polar surface area (TPSA) is 34.5 Å². The summed E-state index contributed by atoms with van der Waals surface area (Å²) in [5.41, 5.74) is 2.47. The van der Waals surface area contributed by atoms with E-state index in [0.717, 1.165) is 17.3 Å². The molecule has 1 aromatic heterocycles. The number of benzene rings is 2. The molecule has 0 bridgehead atoms. The van der Waals surface area contributed by atoms with Gasteiger partial charge in [0.25, 0.3) is 0 Å². The van der Waals surface area contributed by atoms with Crippen LogP contribution in [0.15, 0.2) is 77.9 Å². The van der Waals surface area contributed by atoms with E-state index in [0.29, 0.717) is 5.71 Å². The highest BCUT2D eigenvalue weighted by Crippen LogP contribution is 2.31. The standard InChI is InChI=1S/C19H13ClF2N2O/c20-17-11-15(16(12-23-17)25-19(21)22)24-18(13-7-3-1-4-8-13)14-9-5-2-6-10-14/h1-12,19H. The summed E-state index contributed by atoms with van der Waals surface area (Å²) in [6.45, 7) is -2.98. The van der Waals surface area contributed by atoms with E-state index in [1.54, 1.807) is 0 Å². The normalized spacial score (nSPS) is 10.6. The molecule has 0 unspecified atom stereocenters. The molecule has 3 rings (SSSR count). The number of hydrogen-bond donors (Lipinski definition) is 0. The van der Waals surface area contributed by atoms with Gasteiger partial charge in [-0.1, -0.05) is 72.3 Å². The molecule has 126 valence electrons. The molecule has 0 radical (unpaired) electrons. The van der Waals surface area contributed by atoms with Crippen LogP contribution in [-0.4, -0.2) is 17.3 Å². The zero-order valence-electron chi connectivity index (χ0n) is 12.9. The summed E-state index contributed by atoms with van der Waals surface area (Å²) in [5, 5.41) is 0.140. The SMILES string of the molecule is FC(F)Oc1cnc(Cl)cc1N=C(c1ccccc1)c1ccccc1. The molecular weight excluding hydrogens is 346 g/mol. The maximum Gasteiger partial charge on any atom is 0.387 e. The van der Waals surface area contributed by atoms with Crippen molar-refractivity contribution in [1.29, 1.82) is 0 Å². The van der Waals surface area contributed by atoms with Crippen LogP contribution in [0.3, 0.4) is 0 Å². The predicted molar refractivity (Wildman–Crippen MR) is 94.1 cm³/mol. The summed E-state index contributed by atoms with van der Waals surface area (Å²) in [6, 6.07) is 20.3. The number of hydrogen-bond acceptors (Lipinski definition) is 3.